The highest BCUT2D eigenvalue weighted by molar-refractivity contribution is 5.75. The van der Waals surface area contributed by atoms with Gasteiger partial charge in [0.1, 0.15) is 12.4 Å². The Bertz CT molecular complexity index is 1040. The van der Waals surface area contributed by atoms with E-state index in [2.05, 4.69) is 59.3 Å². The molecule has 3 aliphatic rings. The fourth-order valence-corrected chi connectivity index (χ4v) is 5.05. The molecule has 2 fully saturated rings. The van der Waals surface area contributed by atoms with E-state index in [0.717, 1.165) is 34.8 Å². The number of hydrogen-bond acceptors (Lipinski definition) is 5. The van der Waals surface area contributed by atoms with Crippen LogP contribution in [0.3, 0.4) is 0 Å². The number of anilines is 1. The molecule has 0 amide bonds. The quantitative estimate of drug-likeness (QED) is 0.707. The lowest BCUT2D eigenvalue weighted by Gasteiger charge is -2.26. The number of likely N-dealkylation sites (tertiary alicyclic amines) is 1. The fourth-order valence-electron chi connectivity index (χ4n) is 5.05. The van der Waals surface area contributed by atoms with Crippen LogP contribution in [0.2, 0.25) is 0 Å². The zero-order valence-electron chi connectivity index (χ0n) is 16.1. The average molecular weight is 373 g/mol. The minimum atomic E-state index is 0.539. The Morgan fingerprint density at radius 1 is 1.11 bits per heavy atom. The van der Waals surface area contributed by atoms with Crippen LogP contribution in [-0.4, -0.2) is 52.9 Å². The maximum Gasteiger partial charge on any atom is 0.223 e. The molecule has 1 unspecified atom stereocenters. The van der Waals surface area contributed by atoms with Crippen LogP contribution in [-0.2, 0) is 6.61 Å². The van der Waals surface area contributed by atoms with E-state index in [1.165, 1.54) is 24.2 Å². The molecule has 1 saturated carbocycles. The molecule has 6 nitrogen and oxygen atoms in total. The van der Waals surface area contributed by atoms with E-state index in [1.807, 2.05) is 16.9 Å². The third-order valence-corrected chi connectivity index (χ3v) is 6.50. The van der Waals surface area contributed by atoms with E-state index in [9.17, 15) is 0 Å². The maximum atomic E-state index is 6.05. The number of piperidine rings is 1. The van der Waals surface area contributed by atoms with Crippen LogP contribution in [0.5, 0.6) is 5.88 Å². The number of rotatable bonds is 3. The van der Waals surface area contributed by atoms with Crippen LogP contribution in [0.25, 0.3) is 16.8 Å². The monoisotopic (exact) mass is 373 g/mol. The molecule has 0 radical (unpaired) electrons. The highest BCUT2D eigenvalue weighted by atomic mass is 16.5. The Hall–Kier alpha value is -2.86. The van der Waals surface area contributed by atoms with Gasteiger partial charge < -0.3 is 14.5 Å². The lowest BCUT2D eigenvalue weighted by Crippen LogP contribution is -2.31. The third kappa shape index (κ3) is 2.37. The van der Waals surface area contributed by atoms with Gasteiger partial charge in [-0.3, -0.25) is 0 Å². The summed E-state index contributed by atoms with van der Waals surface area (Å²) in [6, 6.07) is 13.2. The van der Waals surface area contributed by atoms with Gasteiger partial charge in [-0.05, 0) is 60.3 Å². The maximum absolute atomic E-state index is 6.05. The molecule has 0 bridgehead atoms. The van der Waals surface area contributed by atoms with Gasteiger partial charge in [0.15, 0.2) is 0 Å². The van der Waals surface area contributed by atoms with E-state index >= 15 is 0 Å². The normalized spacial score (nSPS) is 24.9. The number of pyridine rings is 1. The van der Waals surface area contributed by atoms with Crippen molar-refractivity contribution in [2.24, 2.45) is 11.8 Å². The van der Waals surface area contributed by atoms with Gasteiger partial charge in [0, 0.05) is 44.1 Å². The molecule has 3 atom stereocenters. The van der Waals surface area contributed by atoms with Crippen LogP contribution in [0.1, 0.15) is 5.56 Å². The fraction of sp³-hybridized carbons (Fsp3) is 0.364. The van der Waals surface area contributed by atoms with Crippen molar-refractivity contribution in [1.82, 2.24) is 19.7 Å². The topological polar surface area (TPSA) is 46.4 Å². The van der Waals surface area contributed by atoms with E-state index in [4.69, 9.17) is 9.72 Å². The molecule has 142 valence electrons. The molecule has 0 N–H and O–H groups in total. The summed E-state index contributed by atoms with van der Waals surface area (Å²) in [5.74, 6) is 3.33. The number of aromatic nitrogens is 3. The Kier molecular flexibility index (Phi) is 3.35. The van der Waals surface area contributed by atoms with Crippen LogP contribution < -0.4 is 9.64 Å². The second-order valence-electron chi connectivity index (χ2n) is 8.25. The summed E-state index contributed by atoms with van der Waals surface area (Å²) in [5.41, 5.74) is 4.48. The van der Waals surface area contributed by atoms with E-state index in [-0.39, 0.29) is 0 Å². The van der Waals surface area contributed by atoms with Crippen LogP contribution in [0.15, 0.2) is 48.8 Å². The van der Waals surface area contributed by atoms with Gasteiger partial charge in [-0.1, -0.05) is 6.07 Å². The van der Waals surface area contributed by atoms with Gasteiger partial charge in [0.25, 0.3) is 0 Å². The summed E-state index contributed by atoms with van der Waals surface area (Å²) in [7, 11) is 4.38. The molecule has 4 heterocycles. The van der Waals surface area contributed by atoms with Gasteiger partial charge in [0.2, 0.25) is 5.88 Å². The molecular formula is C22H23N5O. The van der Waals surface area contributed by atoms with Gasteiger partial charge >= 0.3 is 0 Å². The molecule has 2 aromatic heterocycles. The molecule has 6 rings (SSSR count). The van der Waals surface area contributed by atoms with Gasteiger partial charge in [-0.25, -0.2) is 4.68 Å². The largest absolute Gasteiger partial charge is 0.472 e. The SMILES string of the molecule is CN1C[C@@H]2C(N(C)c3ccc4c(n3)OCc3cc(-n5cccn5)ccc3-4)[C@@H]2C1. The summed E-state index contributed by atoms with van der Waals surface area (Å²) >= 11 is 0. The van der Waals surface area contributed by atoms with E-state index in [0.29, 0.717) is 12.6 Å². The lowest BCUT2D eigenvalue weighted by molar-refractivity contribution is 0.290. The Balaban J connectivity index is 1.29. The van der Waals surface area contributed by atoms with Crippen molar-refractivity contribution < 1.29 is 4.74 Å². The Morgan fingerprint density at radius 3 is 2.71 bits per heavy atom. The second-order valence-corrected chi connectivity index (χ2v) is 8.25. The smallest absolute Gasteiger partial charge is 0.223 e. The summed E-state index contributed by atoms with van der Waals surface area (Å²) in [4.78, 5) is 9.64. The molecule has 28 heavy (non-hydrogen) atoms. The van der Waals surface area contributed by atoms with E-state index in [1.54, 1.807) is 6.20 Å². The molecule has 1 aromatic carbocycles. The van der Waals surface area contributed by atoms with Gasteiger partial charge in [-0.15, -0.1) is 0 Å². The molecule has 0 spiro atoms. The summed E-state index contributed by atoms with van der Waals surface area (Å²) < 4.78 is 7.92. The zero-order valence-corrected chi connectivity index (χ0v) is 16.1. The average Bonchev–Trinajstić information content (AvgIpc) is 3.09. The molecule has 1 saturated heterocycles. The molecule has 2 aliphatic heterocycles. The van der Waals surface area contributed by atoms with E-state index < -0.39 is 0 Å². The van der Waals surface area contributed by atoms with Crippen molar-refractivity contribution in [3.05, 3.63) is 54.4 Å². The number of hydrogen-bond donors (Lipinski definition) is 0. The van der Waals surface area contributed by atoms with Crippen LogP contribution >= 0.6 is 0 Å². The molecule has 6 heteroatoms. The predicted octanol–water partition coefficient (Wildman–Crippen LogP) is 2.82. The van der Waals surface area contributed by atoms with Crippen molar-refractivity contribution in [2.75, 3.05) is 32.1 Å². The first-order chi connectivity index (χ1) is 13.7. The van der Waals surface area contributed by atoms with Crippen molar-refractivity contribution in [2.45, 2.75) is 12.6 Å². The minimum Gasteiger partial charge on any atom is -0.472 e. The Labute approximate surface area is 164 Å². The first-order valence-electron chi connectivity index (χ1n) is 9.87. The van der Waals surface area contributed by atoms with Crippen molar-refractivity contribution in [3.63, 3.8) is 0 Å². The Morgan fingerprint density at radius 2 is 1.93 bits per heavy atom. The number of benzene rings is 1. The number of nitrogens with zero attached hydrogens (tertiary/aromatic N) is 5. The lowest BCUT2D eigenvalue weighted by atomic mass is 9.98. The standard InChI is InChI=1S/C22H23N5O/c1-25-11-18-19(12-25)21(18)26(2)20-7-6-17-16-5-4-15(27-9-3-8-23-27)10-14(16)13-28-22(17)24-20/h3-10,18-19,21H,11-13H2,1-2H3/t18-,19+,21?. The number of fused-ring (bicyclic) bond motifs is 4. The summed E-state index contributed by atoms with van der Waals surface area (Å²) in [6.07, 6.45) is 3.74. The van der Waals surface area contributed by atoms with Gasteiger partial charge in [0.05, 0.1) is 5.69 Å². The van der Waals surface area contributed by atoms with Crippen LogP contribution in [0.4, 0.5) is 5.82 Å². The molecular weight excluding hydrogens is 350 g/mol. The van der Waals surface area contributed by atoms with Crippen molar-refractivity contribution in [3.8, 4) is 22.7 Å². The first-order valence-corrected chi connectivity index (χ1v) is 9.87. The highest BCUT2D eigenvalue weighted by Crippen LogP contribution is 2.49. The minimum absolute atomic E-state index is 0.539. The highest BCUT2D eigenvalue weighted by Gasteiger charge is 2.57. The molecule has 1 aliphatic carbocycles. The summed E-state index contributed by atoms with van der Waals surface area (Å²) in [5, 5.41) is 4.32. The molecule has 3 aromatic rings. The predicted molar refractivity (Wildman–Crippen MR) is 108 cm³/mol. The van der Waals surface area contributed by atoms with Gasteiger partial charge in [-0.2, -0.15) is 10.1 Å². The summed E-state index contributed by atoms with van der Waals surface area (Å²) in [6.45, 7) is 2.94. The van der Waals surface area contributed by atoms with Crippen molar-refractivity contribution >= 4 is 5.82 Å². The zero-order chi connectivity index (χ0) is 18.8. The third-order valence-electron chi connectivity index (χ3n) is 6.50. The first kappa shape index (κ1) is 16.1. The second kappa shape index (κ2) is 5.82. The van der Waals surface area contributed by atoms with Crippen LogP contribution in [0, 0.1) is 11.8 Å². The number of ether oxygens (including phenoxy) is 1. The van der Waals surface area contributed by atoms with Crippen molar-refractivity contribution in [1.29, 1.82) is 0 Å².